The number of amides is 1. The largest absolute Gasteiger partial charge is 0.389 e. The number of benzene rings is 1. The summed E-state index contributed by atoms with van der Waals surface area (Å²) >= 11 is 0. The van der Waals surface area contributed by atoms with Crippen molar-refractivity contribution in [1.82, 2.24) is 14.9 Å². The summed E-state index contributed by atoms with van der Waals surface area (Å²) in [4.78, 5) is 23.6. The molecule has 0 bridgehead atoms. The Kier molecular flexibility index (Phi) is 5.41. The molecule has 0 saturated carbocycles. The molecule has 3 aromatic rings. The minimum Gasteiger partial charge on any atom is -0.389 e. The fourth-order valence-electron chi connectivity index (χ4n) is 3.93. The van der Waals surface area contributed by atoms with Crippen LogP contribution >= 0.6 is 0 Å². The number of hydrogen-bond acceptors (Lipinski definition) is 4. The Morgan fingerprint density at radius 1 is 1.07 bits per heavy atom. The van der Waals surface area contributed by atoms with Gasteiger partial charge in [0.05, 0.1) is 5.60 Å². The van der Waals surface area contributed by atoms with Crippen molar-refractivity contribution >= 4 is 5.91 Å². The first-order valence-corrected chi connectivity index (χ1v) is 9.97. The minimum absolute atomic E-state index is 0.0143. The monoisotopic (exact) mass is 387 g/mol. The fraction of sp³-hybridized carbons (Fsp3) is 0.292. The molecule has 1 aromatic carbocycles. The Hall–Kier alpha value is -3.05. The summed E-state index contributed by atoms with van der Waals surface area (Å²) in [5.41, 5.74) is 3.71. The maximum Gasteiger partial charge on any atom is 0.254 e. The lowest BCUT2D eigenvalue weighted by Crippen LogP contribution is -2.48. The number of likely N-dealkylation sites (tertiary alicyclic amines) is 1. The maximum atomic E-state index is 13.3. The van der Waals surface area contributed by atoms with E-state index >= 15 is 0 Å². The molecular weight excluding hydrogens is 362 g/mol. The molecule has 1 saturated heterocycles. The van der Waals surface area contributed by atoms with Crippen molar-refractivity contribution in [3.63, 3.8) is 0 Å². The maximum absolute atomic E-state index is 13.3. The highest BCUT2D eigenvalue weighted by atomic mass is 16.3. The second-order valence-electron chi connectivity index (χ2n) is 7.80. The Balaban J connectivity index is 1.51. The number of aromatic nitrogens is 2. The van der Waals surface area contributed by atoms with E-state index in [9.17, 15) is 9.90 Å². The predicted molar refractivity (Wildman–Crippen MR) is 112 cm³/mol. The topological polar surface area (TPSA) is 66.3 Å². The molecule has 1 N–H and O–H groups in total. The summed E-state index contributed by atoms with van der Waals surface area (Å²) in [6.45, 7) is 3.06. The van der Waals surface area contributed by atoms with Crippen molar-refractivity contribution < 1.29 is 9.90 Å². The normalized spacial score (nSPS) is 15.9. The lowest BCUT2D eigenvalue weighted by Gasteiger charge is -2.38. The third-order valence-electron chi connectivity index (χ3n) is 5.61. The molecule has 0 radical (unpaired) electrons. The third-order valence-corrected chi connectivity index (χ3v) is 5.61. The van der Waals surface area contributed by atoms with Gasteiger partial charge in [-0.3, -0.25) is 14.8 Å². The molecule has 0 spiro atoms. The SMILES string of the molecule is Cc1ccc(-c2ccncc2)c(C(=O)N2CCC(O)(Cc3ccccn3)CC2)c1. The van der Waals surface area contributed by atoms with Crippen LogP contribution in [0.15, 0.2) is 67.1 Å². The number of pyridine rings is 2. The summed E-state index contributed by atoms with van der Waals surface area (Å²) in [6.07, 6.45) is 6.83. The molecule has 1 aliphatic heterocycles. The summed E-state index contributed by atoms with van der Waals surface area (Å²) < 4.78 is 0. The van der Waals surface area contributed by atoms with Crippen molar-refractivity contribution in [3.05, 3.63) is 83.9 Å². The van der Waals surface area contributed by atoms with Gasteiger partial charge in [-0.25, -0.2) is 0 Å². The standard InChI is InChI=1S/C24H25N3O2/c1-18-5-6-21(19-7-12-25-13-8-19)22(16-18)23(28)27-14-9-24(29,10-15-27)17-20-4-2-3-11-26-20/h2-8,11-13,16,29H,9-10,14-15,17H2,1H3. The molecule has 0 unspecified atom stereocenters. The zero-order valence-corrected chi connectivity index (χ0v) is 16.6. The molecule has 4 rings (SSSR count). The molecule has 5 nitrogen and oxygen atoms in total. The van der Waals surface area contributed by atoms with Gasteiger partial charge < -0.3 is 10.0 Å². The molecule has 29 heavy (non-hydrogen) atoms. The minimum atomic E-state index is -0.814. The molecule has 1 fully saturated rings. The van der Waals surface area contributed by atoms with Crippen molar-refractivity contribution in [2.75, 3.05) is 13.1 Å². The lowest BCUT2D eigenvalue weighted by molar-refractivity contribution is -0.0168. The molecule has 0 atom stereocenters. The van der Waals surface area contributed by atoms with Crippen molar-refractivity contribution in [2.45, 2.75) is 31.8 Å². The first kappa shape index (κ1) is 19.3. The van der Waals surface area contributed by atoms with Crippen LogP contribution in [0.3, 0.4) is 0 Å². The van der Waals surface area contributed by atoms with E-state index in [-0.39, 0.29) is 5.91 Å². The number of aliphatic hydroxyl groups is 1. The number of aryl methyl sites for hydroxylation is 1. The van der Waals surface area contributed by atoms with Gasteiger partial charge in [0.15, 0.2) is 0 Å². The Morgan fingerprint density at radius 2 is 1.83 bits per heavy atom. The van der Waals surface area contributed by atoms with Crippen LogP contribution in [0.2, 0.25) is 0 Å². The number of rotatable bonds is 4. The van der Waals surface area contributed by atoms with Gasteiger partial charge in [0, 0.05) is 49.4 Å². The van der Waals surface area contributed by atoms with Crippen LogP contribution in [-0.4, -0.2) is 44.6 Å². The Morgan fingerprint density at radius 3 is 2.52 bits per heavy atom. The van der Waals surface area contributed by atoms with E-state index in [1.54, 1.807) is 18.6 Å². The summed E-state index contributed by atoms with van der Waals surface area (Å²) in [6, 6.07) is 15.6. The van der Waals surface area contributed by atoms with Gasteiger partial charge in [0.1, 0.15) is 0 Å². The van der Waals surface area contributed by atoms with Crippen LogP contribution in [0.5, 0.6) is 0 Å². The van der Waals surface area contributed by atoms with Crippen molar-refractivity contribution in [3.8, 4) is 11.1 Å². The second kappa shape index (κ2) is 8.13. The van der Waals surface area contributed by atoms with Gasteiger partial charge in [-0.1, -0.05) is 23.8 Å². The third kappa shape index (κ3) is 4.35. The molecule has 2 aromatic heterocycles. The van der Waals surface area contributed by atoms with Crippen LogP contribution in [0.25, 0.3) is 11.1 Å². The van der Waals surface area contributed by atoms with Gasteiger partial charge in [-0.15, -0.1) is 0 Å². The summed E-state index contributed by atoms with van der Waals surface area (Å²) in [7, 11) is 0. The highest BCUT2D eigenvalue weighted by molar-refractivity contribution is 6.01. The van der Waals surface area contributed by atoms with Crippen molar-refractivity contribution in [2.24, 2.45) is 0 Å². The van der Waals surface area contributed by atoms with E-state index in [1.807, 2.05) is 60.4 Å². The van der Waals surface area contributed by atoms with Gasteiger partial charge in [0.2, 0.25) is 0 Å². The average molecular weight is 387 g/mol. The number of piperidine rings is 1. The smallest absolute Gasteiger partial charge is 0.254 e. The quantitative estimate of drug-likeness (QED) is 0.742. The van der Waals surface area contributed by atoms with Gasteiger partial charge in [-0.2, -0.15) is 0 Å². The lowest BCUT2D eigenvalue weighted by atomic mass is 9.86. The van der Waals surface area contributed by atoms with Crippen LogP contribution in [-0.2, 0) is 6.42 Å². The summed E-state index contributed by atoms with van der Waals surface area (Å²) in [5.74, 6) is 0.0143. The fourth-order valence-corrected chi connectivity index (χ4v) is 3.93. The zero-order chi connectivity index (χ0) is 20.3. The first-order valence-electron chi connectivity index (χ1n) is 9.97. The number of carbonyl (C=O) groups is 1. The van der Waals surface area contributed by atoms with Crippen molar-refractivity contribution in [1.29, 1.82) is 0 Å². The Bertz CT molecular complexity index is 982. The van der Waals surface area contributed by atoms with Crippen LogP contribution in [0.4, 0.5) is 0 Å². The van der Waals surface area contributed by atoms with E-state index in [4.69, 9.17) is 0 Å². The number of nitrogens with zero attached hydrogens (tertiary/aromatic N) is 3. The van der Waals surface area contributed by atoms with Crippen LogP contribution < -0.4 is 0 Å². The highest BCUT2D eigenvalue weighted by Crippen LogP contribution is 2.30. The highest BCUT2D eigenvalue weighted by Gasteiger charge is 2.35. The van der Waals surface area contributed by atoms with Gasteiger partial charge in [0.25, 0.3) is 5.91 Å². The van der Waals surface area contributed by atoms with E-state index in [2.05, 4.69) is 9.97 Å². The van der Waals surface area contributed by atoms with E-state index in [1.165, 1.54) is 0 Å². The molecule has 5 heteroatoms. The molecule has 148 valence electrons. The number of hydrogen-bond donors (Lipinski definition) is 1. The van der Waals surface area contributed by atoms with E-state index in [0.29, 0.717) is 37.9 Å². The zero-order valence-electron chi connectivity index (χ0n) is 16.6. The predicted octanol–water partition coefficient (Wildman–Crippen LogP) is 3.66. The van der Waals surface area contributed by atoms with Gasteiger partial charge >= 0.3 is 0 Å². The molecule has 1 amide bonds. The first-order chi connectivity index (χ1) is 14.0. The second-order valence-corrected chi connectivity index (χ2v) is 7.80. The summed E-state index contributed by atoms with van der Waals surface area (Å²) in [5, 5.41) is 11.0. The average Bonchev–Trinajstić information content (AvgIpc) is 2.75. The van der Waals surface area contributed by atoms with Crippen LogP contribution in [0, 0.1) is 6.92 Å². The number of carbonyl (C=O) groups excluding carboxylic acids is 1. The Labute approximate surface area is 171 Å². The molecule has 3 heterocycles. The van der Waals surface area contributed by atoms with E-state index < -0.39 is 5.60 Å². The molecular formula is C24H25N3O2. The molecule has 0 aliphatic carbocycles. The van der Waals surface area contributed by atoms with E-state index in [0.717, 1.165) is 22.4 Å². The van der Waals surface area contributed by atoms with Crippen LogP contribution in [0.1, 0.15) is 34.5 Å². The van der Waals surface area contributed by atoms with Gasteiger partial charge in [-0.05, 0) is 61.2 Å². The molecule has 1 aliphatic rings.